The molecule has 0 heterocycles. The third-order valence-corrected chi connectivity index (χ3v) is 4.98. The van der Waals surface area contributed by atoms with E-state index in [4.69, 9.17) is 15.9 Å². The minimum atomic E-state index is -1.48. The molecule has 172 valence electrons. The summed E-state index contributed by atoms with van der Waals surface area (Å²) in [6, 6.07) is 4.89. The maximum Gasteiger partial charge on any atom is 0.328 e. The van der Waals surface area contributed by atoms with Crippen LogP contribution in [0.1, 0.15) is 32.8 Å². The van der Waals surface area contributed by atoms with Crippen molar-refractivity contribution in [3.05, 3.63) is 35.9 Å². The van der Waals surface area contributed by atoms with Crippen LogP contribution in [0.25, 0.3) is 0 Å². The molecule has 3 amide bonds. The highest BCUT2D eigenvalue weighted by Crippen LogP contribution is 2.10. The first-order chi connectivity index (χ1) is 14.6. The van der Waals surface area contributed by atoms with Crippen LogP contribution >= 0.6 is 0 Å². The molecular formula is C21H32N4O6. The highest BCUT2D eigenvalue weighted by atomic mass is 16.4. The summed E-state index contributed by atoms with van der Waals surface area (Å²) in [5, 5.41) is 25.2. The van der Waals surface area contributed by atoms with Gasteiger partial charge in [-0.2, -0.15) is 0 Å². The van der Waals surface area contributed by atoms with Crippen molar-refractivity contribution in [3.63, 3.8) is 0 Å². The van der Waals surface area contributed by atoms with Crippen LogP contribution in [0.3, 0.4) is 0 Å². The van der Waals surface area contributed by atoms with E-state index in [1.807, 2.05) is 37.3 Å². The Hall–Kier alpha value is -2.98. The molecule has 31 heavy (non-hydrogen) atoms. The number of benzene rings is 1. The average molecular weight is 437 g/mol. The van der Waals surface area contributed by atoms with Crippen LogP contribution in [0.15, 0.2) is 30.3 Å². The second kappa shape index (κ2) is 12.7. The maximum atomic E-state index is 12.8. The first-order valence-corrected chi connectivity index (χ1v) is 10.1. The number of rotatable bonds is 12. The molecule has 0 aliphatic heterocycles. The zero-order chi connectivity index (χ0) is 23.6. The van der Waals surface area contributed by atoms with Gasteiger partial charge in [0, 0.05) is 0 Å². The molecule has 0 radical (unpaired) electrons. The summed E-state index contributed by atoms with van der Waals surface area (Å²) < 4.78 is 0. The van der Waals surface area contributed by atoms with Gasteiger partial charge < -0.3 is 31.9 Å². The molecule has 1 rings (SSSR count). The number of nitrogens with two attached hydrogens (primary N) is 1. The van der Waals surface area contributed by atoms with Crippen molar-refractivity contribution in [2.24, 2.45) is 11.7 Å². The molecule has 1 aromatic rings. The highest BCUT2D eigenvalue weighted by molar-refractivity contribution is 5.94. The van der Waals surface area contributed by atoms with Crippen LogP contribution < -0.4 is 21.7 Å². The fourth-order valence-electron chi connectivity index (χ4n) is 2.77. The largest absolute Gasteiger partial charge is 0.480 e. The summed E-state index contributed by atoms with van der Waals surface area (Å²) in [4.78, 5) is 48.4. The fraction of sp³-hybridized carbons (Fsp3) is 0.524. The smallest absolute Gasteiger partial charge is 0.328 e. The molecule has 7 N–H and O–H groups in total. The number of amides is 3. The molecule has 0 fully saturated rings. The van der Waals surface area contributed by atoms with Crippen LogP contribution in [0.5, 0.6) is 0 Å². The van der Waals surface area contributed by atoms with Crippen LogP contribution in [0.4, 0.5) is 0 Å². The minimum Gasteiger partial charge on any atom is -0.480 e. The average Bonchev–Trinajstić information content (AvgIpc) is 2.74. The van der Waals surface area contributed by atoms with Crippen LogP contribution in [-0.4, -0.2) is 64.7 Å². The summed E-state index contributed by atoms with van der Waals surface area (Å²) in [6.07, 6.45) is 0.885. The number of hydrogen-bond donors (Lipinski definition) is 6. The van der Waals surface area contributed by atoms with Crippen molar-refractivity contribution < 1.29 is 29.4 Å². The zero-order valence-electron chi connectivity index (χ0n) is 18.0. The summed E-state index contributed by atoms with van der Waals surface area (Å²) in [7, 11) is 0. The Labute approximate surface area is 181 Å². The molecule has 10 heteroatoms. The Morgan fingerprint density at radius 1 is 0.968 bits per heavy atom. The molecule has 0 bridgehead atoms. The zero-order valence-corrected chi connectivity index (χ0v) is 18.0. The van der Waals surface area contributed by atoms with Crippen LogP contribution in [-0.2, 0) is 25.6 Å². The Morgan fingerprint density at radius 3 is 2.10 bits per heavy atom. The van der Waals surface area contributed by atoms with Gasteiger partial charge in [0.05, 0.1) is 12.6 Å². The number of carboxylic acid groups (broad SMARTS) is 1. The van der Waals surface area contributed by atoms with Crippen molar-refractivity contribution in [1.82, 2.24) is 16.0 Å². The first-order valence-electron chi connectivity index (χ1n) is 10.1. The van der Waals surface area contributed by atoms with E-state index in [0.29, 0.717) is 12.8 Å². The van der Waals surface area contributed by atoms with Gasteiger partial charge in [0.25, 0.3) is 0 Å². The molecule has 5 atom stereocenters. The lowest BCUT2D eigenvalue weighted by atomic mass is 9.97. The molecule has 0 saturated carbocycles. The molecule has 0 aliphatic rings. The van der Waals surface area contributed by atoms with E-state index in [2.05, 4.69) is 16.0 Å². The molecule has 1 aromatic carbocycles. The first kappa shape index (κ1) is 26.1. The van der Waals surface area contributed by atoms with E-state index in [0.717, 1.165) is 5.56 Å². The van der Waals surface area contributed by atoms with Gasteiger partial charge in [0.1, 0.15) is 18.1 Å². The number of carboxylic acids is 1. The van der Waals surface area contributed by atoms with Gasteiger partial charge in [0.15, 0.2) is 0 Å². The van der Waals surface area contributed by atoms with Crippen LogP contribution in [0, 0.1) is 5.92 Å². The van der Waals surface area contributed by atoms with Gasteiger partial charge in [-0.15, -0.1) is 0 Å². The SMILES string of the molecule is CCC(C)C(NC(=O)C(N)Cc1ccccc1)C(=O)NC(C)C(=O)NC(CO)C(=O)O. The molecule has 5 unspecified atom stereocenters. The van der Waals surface area contributed by atoms with Gasteiger partial charge in [-0.1, -0.05) is 50.6 Å². The number of aliphatic hydroxyl groups is 1. The van der Waals surface area contributed by atoms with Crippen molar-refractivity contribution in [1.29, 1.82) is 0 Å². The Bertz CT molecular complexity index is 757. The standard InChI is InChI=1S/C21H32N4O6/c1-4-12(2)17(25-19(28)15(22)10-14-8-6-5-7-9-14)20(29)23-13(3)18(27)24-16(11-26)21(30)31/h5-9,12-13,15-17,26H,4,10-11,22H2,1-3H3,(H,23,29)(H,24,27)(H,25,28)(H,30,31). The number of nitrogens with one attached hydrogen (secondary N) is 3. The highest BCUT2D eigenvalue weighted by Gasteiger charge is 2.30. The molecule has 0 spiro atoms. The molecule has 0 aliphatic carbocycles. The lowest BCUT2D eigenvalue weighted by Crippen LogP contribution is -2.58. The van der Waals surface area contributed by atoms with E-state index >= 15 is 0 Å². The molecule has 0 saturated heterocycles. The third-order valence-electron chi connectivity index (χ3n) is 4.98. The second-order valence-electron chi connectivity index (χ2n) is 7.48. The van der Waals surface area contributed by atoms with Crippen molar-refractivity contribution in [3.8, 4) is 0 Å². The second-order valence-corrected chi connectivity index (χ2v) is 7.48. The van der Waals surface area contributed by atoms with Crippen molar-refractivity contribution in [2.75, 3.05) is 6.61 Å². The third kappa shape index (κ3) is 8.35. The minimum absolute atomic E-state index is 0.243. The summed E-state index contributed by atoms with van der Waals surface area (Å²) in [6.45, 7) is 4.23. The Balaban J connectivity index is 2.77. The van der Waals surface area contributed by atoms with Gasteiger partial charge in [-0.05, 0) is 24.8 Å². The molecule has 0 aromatic heterocycles. The lowest BCUT2D eigenvalue weighted by Gasteiger charge is -2.26. The monoisotopic (exact) mass is 436 g/mol. The number of carbonyl (C=O) groups is 4. The summed E-state index contributed by atoms with van der Waals surface area (Å²) in [5.41, 5.74) is 6.89. The number of aliphatic hydroxyl groups excluding tert-OH is 1. The van der Waals surface area contributed by atoms with Crippen LogP contribution in [0.2, 0.25) is 0 Å². The van der Waals surface area contributed by atoms with Gasteiger partial charge in [-0.25, -0.2) is 4.79 Å². The van der Waals surface area contributed by atoms with Gasteiger partial charge >= 0.3 is 5.97 Å². The van der Waals surface area contributed by atoms with Gasteiger partial charge in [0.2, 0.25) is 17.7 Å². The predicted octanol–water partition coefficient (Wildman–Crippen LogP) is -0.846. The fourth-order valence-corrected chi connectivity index (χ4v) is 2.77. The van der Waals surface area contributed by atoms with E-state index in [9.17, 15) is 19.2 Å². The number of carbonyl (C=O) groups excluding carboxylic acids is 3. The topological polar surface area (TPSA) is 171 Å². The van der Waals surface area contributed by atoms with E-state index in [1.165, 1.54) is 6.92 Å². The summed E-state index contributed by atoms with van der Waals surface area (Å²) >= 11 is 0. The van der Waals surface area contributed by atoms with Crippen molar-refractivity contribution >= 4 is 23.7 Å². The predicted molar refractivity (Wildman–Crippen MR) is 114 cm³/mol. The van der Waals surface area contributed by atoms with E-state index in [1.54, 1.807) is 6.92 Å². The quantitative estimate of drug-likeness (QED) is 0.248. The Morgan fingerprint density at radius 2 is 1.58 bits per heavy atom. The van der Waals surface area contributed by atoms with Crippen molar-refractivity contribution in [2.45, 2.75) is 57.8 Å². The summed E-state index contributed by atoms with van der Waals surface area (Å²) in [5.74, 6) is -3.50. The Kier molecular flexibility index (Phi) is 10.6. The van der Waals surface area contributed by atoms with E-state index in [-0.39, 0.29) is 5.92 Å². The number of hydrogen-bond acceptors (Lipinski definition) is 6. The number of aliphatic carboxylic acids is 1. The van der Waals surface area contributed by atoms with E-state index < -0.39 is 54.5 Å². The lowest BCUT2D eigenvalue weighted by molar-refractivity contribution is -0.143. The normalized spacial score (nSPS) is 15.6. The maximum absolute atomic E-state index is 12.8. The molecular weight excluding hydrogens is 404 g/mol. The van der Waals surface area contributed by atoms with Gasteiger partial charge in [-0.3, -0.25) is 14.4 Å². The molecule has 10 nitrogen and oxygen atoms in total.